The summed E-state index contributed by atoms with van der Waals surface area (Å²) in [6.45, 7) is 7.47. The highest BCUT2D eigenvalue weighted by Gasteiger charge is 2.40. The molecule has 3 aliphatic rings. The first kappa shape index (κ1) is 19.1. The number of fused-ring (bicyclic) bond motifs is 1. The average Bonchev–Trinajstić information content (AvgIpc) is 3.15. The van der Waals surface area contributed by atoms with Crippen molar-refractivity contribution in [3.8, 4) is 0 Å². The van der Waals surface area contributed by atoms with Crippen LogP contribution in [0.4, 0.5) is 0 Å². The average molecular weight is 384 g/mol. The third-order valence-corrected chi connectivity index (χ3v) is 6.01. The van der Waals surface area contributed by atoms with Crippen molar-refractivity contribution in [1.82, 2.24) is 20.9 Å². The summed E-state index contributed by atoms with van der Waals surface area (Å²) in [7, 11) is 0. The van der Waals surface area contributed by atoms with Crippen molar-refractivity contribution < 1.29 is 14.4 Å². The number of benzene rings is 1. The Balaban J connectivity index is 1.42. The van der Waals surface area contributed by atoms with E-state index in [1.54, 1.807) is 4.90 Å². The number of amides is 3. The fourth-order valence-corrected chi connectivity index (χ4v) is 4.59. The summed E-state index contributed by atoms with van der Waals surface area (Å²) >= 11 is 0. The van der Waals surface area contributed by atoms with Crippen molar-refractivity contribution in [2.24, 2.45) is 5.41 Å². The summed E-state index contributed by atoms with van der Waals surface area (Å²) in [6, 6.07) is 5.77. The van der Waals surface area contributed by atoms with Gasteiger partial charge in [0.15, 0.2) is 0 Å². The first-order valence-electron chi connectivity index (χ1n) is 10.0. The Morgan fingerprint density at radius 1 is 1.25 bits per heavy atom. The monoisotopic (exact) mass is 384 g/mol. The second kappa shape index (κ2) is 7.29. The highest BCUT2D eigenvalue weighted by Crippen LogP contribution is 2.30. The van der Waals surface area contributed by atoms with Gasteiger partial charge >= 0.3 is 0 Å². The second-order valence-electron chi connectivity index (χ2n) is 8.93. The van der Waals surface area contributed by atoms with Crippen molar-refractivity contribution in [3.05, 3.63) is 34.9 Å². The molecule has 3 N–H and O–H groups in total. The molecule has 7 heteroatoms. The van der Waals surface area contributed by atoms with Gasteiger partial charge in [0.1, 0.15) is 6.04 Å². The Bertz CT molecular complexity index is 820. The number of rotatable bonds is 5. The van der Waals surface area contributed by atoms with Crippen LogP contribution in [0.3, 0.4) is 0 Å². The molecule has 28 heavy (non-hydrogen) atoms. The van der Waals surface area contributed by atoms with E-state index in [2.05, 4.69) is 29.8 Å². The first-order chi connectivity index (χ1) is 13.3. The van der Waals surface area contributed by atoms with Crippen molar-refractivity contribution in [3.63, 3.8) is 0 Å². The van der Waals surface area contributed by atoms with Crippen LogP contribution in [0, 0.1) is 5.41 Å². The van der Waals surface area contributed by atoms with E-state index in [1.807, 2.05) is 18.2 Å². The molecule has 0 aromatic heterocycles. The molecule has 1 unspecified atom stereocenters. The van der Waals surface area contributed by atoms with E-state index < -0.39 is 6.04 Å². The Morgan fingerprint density at radius 2 is 2.07 bits per heavy atom. The zero-order valence-corrected chi connectivity index (χ0v) is 16.5. The van der Waals surface area contributed by atoms with E-state index in [9.17, 15) is 14.4 Å². The van der Waals surface area contributed by atoms with Crippen LogP contribution in [-0.4, -0.2) is 47.8 Å². The van der Waals surface area contributed by atoms with Crippen molar-refractivity contribution in [1.29, 1.82) is 0 Å². The number of imide groups is 1. The van der Waals surface area contributed by atoms with Gasteiger partial charge in [-0.15, -0.1) is 0 Å². The van der Waals surface area contributed by atoms with E-state index in [-0.39, 0.29) is 24.1 Å². The van der Waals surface area contributed by atoms with Gasteiger partial charge in [-0.25, -0.2) is 0 Å². The third-order valence-electron chi connectivity index (χ3n) is 6.01. The molecule has 2 atom stereocenters. The number of nitrogens with zero attached hydrogens (tertiary/aromatic N) is 1. The van der Waals surface area contributed by atoms with E-state index in [4.69, 9.17) is 0 Å². The van der Waals surface area contributed by atoms with Crippen LogP contribution in [0.15, 0.2) is 18.2 Å². The van der Waals surface area contributed by atoms with Gasteiger partial charge in [0.05, 0.1) is 0 Å². The predicted octanol–water partition coefficient (Wildman–Crippen LogP) is 0.925. The normalized spacial score (nSPS) is 26.5. The molecule has 3 amide bonds. The summed E-state index contributed by atoms with van der Waals surface area (Å²) in [6.07, 6.45) is 1.80. The summed E-state index contributed by atoms with van der Waals surface area (Å²) in [5.41, 5.74) is 2.96. The van der Waals surface area contributed by atoms with E-state index >= 15 is 0 Å². The molecule has 0 saturated carbocycles. The van der Waals surface area contributed by atoms with Crippen LogP contribution in [-0.2, 0) is 22.7 Å². The highest BCUT2D eigenvalue weighted by molar-refractivity contribution is 6.05. The first-order valence-corrected chi connectivity index (χ1v) is 10.0. The van der Waals surface area contributed by atoms with Gasteiger partial charge in [0.2, 0.25) is 11.8 Å². The fourth-order valence-electron chi connectivity index (χ4n) is 4.59. The van der Waals surface area contributed by atoms with Crippen LogP contribution >= 0.6 is 0 Å². The van der Waals surface area contributed by atoms with Gasteiger partial charge in [-0.05, 0) is 29.4 Å². The van der Waals surface area contributed by atoms with Crippen LogP contribution in [0.25, 0.3) is 0 Å². The van der Waals surface area contributed by atoms with Crippen molar-refractivity contribution in [2.75, 3.05) is 13.1 Å². The molecule has 0 aliphatic carbocycles. The molecule has 1 aromatic rings. The Hall–Kier alpha value is -2.25. The maximum absolute atomic E-state index is 13.1. The second-order valence-corrected chi connectivity index (χ2v) is 8.93. The van der Waals surface area contributed by atoms with Crippen LogP contribution in [0.5, 0.6) is 0 Å². The number of hydrogen-bond acceptors (Lipinski definition) is 5. The predicted molar refractivity (Wildman–Crippen MR) is 104 cm³/mol. The van der Waals surface area contributed by atoms with E-state index in [0.717, 1.165) is 30.6 Å². The van der Waals surface area contributed by atoms with Gasteiger partial charge in [-0.2, -0.15) is 0 Å². The number of carbonyl (C=O) groups is 3. The maximum Gasteiger partial charge on any atom is 0.255 e. The Kier molecular flexibility index (Phi) is 4.97. The minimum absolute atomic E-state index is 0.109. The number of nitrogens with one attached hydrogen (secondary N) is 3. The molecular weight excluding hydrogens is 356 g/mol. The lowest BCUT2D eigenvalue weighted by molar-refractivity contribution is -0.136. The fraction of sp³-hybridized carbons (Fsp3) is 0.571. The topological polar surface area (TPSA) is 90.5 Å². The minimum Gasteiger partial charge on any atom is -0.322 e. The van der Waals surface area contributed by atoms with E-state index in [1.165, 1.54) is 0 Å². The largest absolute Gasteiger partial charge is 0.322 e. The standard InChI is InChI=1S/C21H28N4O3/c1-21(2)8-15(23-12-21)10-22-9-13-4-3-5-14-11-25(20(28)18(13)14)16-6-7-17(26)24-19(16)27/h3-5,15-16,22-23H,6-12H2,1-2H3,(H,24,26,27)/t15-,16?/m0/s1. The smallest absolute Gasteiger partial charge is 0.255 e. The molecule has 7 nitrogen and oxygen atoms in total. The van der Waals surface area contributed by atoms with Crippen molar-refractivity contribution in [2.45, 2.75) is 58.3 Å². The summed E-state index contributed by atoms with van der Waals surface area (Å²) in [5, 5.41) is 9.38. The van der Waals surface area contributed by atoms with Gasteiger partial charge < -0.3 is 15.5 Å². The molecule has 0 spiro atoms. The van der Waals surface area contributed by atoms with Crippen molar-refractivity contribution >= 4 is 17.7 Å². The lowest BCUT2D eigenvalue weighted by Gasteiger charge is -2.29. The molecule has 2 saturated heterocycles. The Labute approximate surface area is 165 Å². The van der Waals surface area contributed by atoms with Gasteiger partial charge in [-0.3, -0.25) is 19.7 Å². The zero-order valence-electron chi connectivity index (χ0n) is 16.5. The number of piperidine rings is 1. The molecule has 0 bridgehead atoms. The summed E-state index contributed by atoms with van der Waals surface area (Å²) in [5.74, 6) is -0.743. The molecule has 150 valence electrons. The molecule has 1 aromatic carbocycles. The summed E-state index contributed by atoms with van der Waals surface area (Å²) in [4.78, 5) is 38.3. The zero-order chi connectivity index (χ0) is 19.9. The molecule has 3 aliphatic heterocycles. The molecule has 2 fully saturated rings. The molecule has 0 radical (unpaired) electrons. The highest BCUT2D eigenvalue weighted by atomic mass is 16.2. The van der Waals surface area contributed by atoms with Crippen LogP contribution < -0.4 is 16.0 Å². The SMILES string of the molecule is CC1(C)CN[C@H](CNCc2cccc3c2C(=O)N(C2CCC(=O)NC2=O)C3)C1. The number of carbonyl (C=O) groups excluding carboxylic acids is 3. The Morgan fingerprint density at radius 3 is 2.79 bits per heavy atom. The lowest BCUT2D eigenvalue weighted by Crippen LogP contribution is -2.52. The minimum atomic E-state index is -0.566. The summed E-state index contributed by atoms with van der Waals surface area (Å²) < 4.78 is 0. The van der Waals surface area contributed by atoms with Gasteiger partial charge in [0, 0.05) is 44.2 Å². The maximum atomic E-state index is 13.1. The third kappa shape index (κ3) is 3.69. The van der Waals surface area contributed by atoms with Crippen LogP contribution in [0.1, 0.15) is 54.6 Å². The number of hydrogen-bond donors (Lipinski definition) is 3. The van der Waals surface area contributed by atoms with Gasteiger partial charge in [-0.1, -0.05) is 32.0 Å². The molecule has 4 rings (SSSR count). The lowest BCUT2D eigenvalue weighted by atomic mass is 9.90. The van der Waals surface area contributed by atoms with Gasteiger partial charge in [0.25, 0.3) is 5.91 Å². The van der Waals surface area contributed by atoms with E-state index in [0.29, 0.717) is 36.5 Å². The molecular formula is C21H28N4O3. The quantitative estimate of drug-likeness (QED) is 0.657. The molecule has 3 heterocycles. The van der Waals surface area contributed by atoms with Crippen LogP contribution in [0.2, 0.25) is 0 Å².